The van der Waals surface area contributed by atoms with Gasteiger partial charge in [-0.25, -0.2) is 18.5 Å². The Labute approximate surface area is 116 Å². The van der Waals surface area contributed by atoms with Crippen LogP contribution in [0.15, 0.2) is 47.5 Å². The molecule has 0 fully saturated rings. The molecule has 0 aliphatic rings. The van der Waals surface area contributed by atoms with Gasteiger partial charge in [-0.05, 0) is 29.8 Å². The number of rotatable bonds is 4. The Balaban J connectivity index is 2.18. The van der Waals surface area contributed by atoms with E-state index in [0.29, 0.717) is 5.02 Å². The average Bonchev–Trinajstić information content (AvgIpc) is 2.37. The van der Waals surface area contributed by atoms with Gasteiger partial charge in [-0.1, -0.05) is 23.7 Å². The van der Waals surface area contributed by atoms with Crippen LogP contribution >= 0.6 is 11.6 Å². The van der Waals surface area contributed by atoms with Crippen LogP contribution in [0.3, 0.4) is 0 Å². The number of halogens is 1. The summed E-state index contributed by atoms with van der Waals surface area (Å²) in [5.41, 5.74) is 0.843. The Bertz CT molecular complexity index is 672. The van der Waals surface area contributed by atoms with E-state index in [2.05, 4.69) is 4.98 Å². The van der Waals surface area contributed by atoms with Gasteiger partial charge in [-0.2, -0.15) is 0 Å². The van der Waals surface area contributed by atoms with Gasteiger partial charge in [0, 0.05) is 11.2 Å². The number of sulfonamides is 1. The molecule has 1 aromatic heterocycles. The third-order valence-corrected chi connectivity index (χ3v) is 3.51. The van der Waals surface area contributed by atoms with Crippen LogP contribution in [0.5, 0.6) is 5.88 Å². The highest BCUT2D eigenvalue weighted by atomic mass is 35.5. The predicted octanol–water partition coefficient (Wildman–Crippen LogP) is 1.96. The van der Waals surface area contributed by atoms with Crippen molar-refractivity contribution in [3.05, 3.63) is 53.2 Å². The van der Waals surface area contributed by atoms with Crippen molar-refractivity contribution in [2.24, 2.45) is 5.14 Å². The molecule has 0 bridgehead atoms. The summed E-state index contributed by atoms with van der Waals surface area (Å²) < 4.78 is 28.1. The van der Waals surface area contributed by atoms with Crippen LogP contribution in [0.1, 0.15) is 5.56 Å². The van der Waals surface area contributed by atoms with Gasteiger partial charge in [-0.3, -0.25) is 0 Å². The fourth-order valence-electron chi connectivity index (χ4n) is 1.43. The first-order valence-corrected chi connectivity index (χ1v) is 7.24. The summed E-state index contributed by atoms with van der Waals surface area (Å²) >= 11 is 5.76. The van der Waals surface area contributed by atoms with Gasteiger partial charge in [0.15, 0.2) is 0 Å². The molecule has 0 radical (unpaired) electrons. The highest BCUT2D eigenvalue weighted by molar-refractivity contribution is 7.89. The Morgan fingerprint density at radius 1 is 1.21 bits per heavy atom. The minimum atomic E-state index is -3.85. The van der Waals surface area contributed by atoms with Gasteiger partial charge >= 0.3 is 0 Å². The van der Waals surface area contributed by atoms with Crippen LogP contribution < -0.4 is 9.88 Å². The zero-order valence-corrected chi connectivity index (χ0v) is 11.4. The number of pyridine rings is 1. The Morgan fingerprint density at radius 2 is 1.89 bits per heavy atom. The van der Waals surface area contributed by atoms with Crippen molar-refractivity contribution in [3.8, 4) is 5.88 Å². The summed E-state index contributed by atoms with van der Waals surface area (Å²) in [4.78, 5) is 3.74. The quantitative estimate of drug-likeness (QED) is 0.935. The molecule has 2 N–H and O–H groups in total. The molecule has 2 aromatic rings. The van der Waals surface area contributed by atoms with Crippen molar-refractivity contribution >= 4 is 21.6 Å². The lowest BCUT2D eigenvalue weighted by Crippen LogP contribution is -2.14. The second-order valence-electron chi connectivity index (χ2n) is 3.77. The van der Waals surface area contributed by atoms with Crippen LogP contribution in [-0.4, -0.2) is 13.4 Å². The lowest BCUT2D eigenvalue weighted by Gasteiger charge is -2.08. The third-order valence-electron chi connectivity index (χ3n) is 2.33. The molecule has 0 aliphatic carbocycles. The fourth-order valence-corrected chi connectivity index (χ4v) is 2.18. The molecule has 0 spiro atoms. The molecule has 1 aromatic carbocycles. The molecule has 1 heterocycles. The minimum absolute atomic E-state index is 0.0139. The zero-order chi connectivity index (χ0) is 13.9. The van der Waals surface area contributed by atoms with E-state index in [9.17, 15) is 8.42 Å². The number of hydrogen-bond acceptors (Lipinski definition) is 4. The lowest BCUT2D eigenvalue weighted by molar-refractivity contribution is 0.285. The fraction of sp³-hybridized carbons (Fsp3) is 0.0833. The van der Waals surface area contributed by atoms with E-state index >= 15 is 0 Å². The van der Waals surface area contributed by atoms with Crippen molar-refractivity contribution < 1.29 is 13.2 Å². The molecular formula is C12H11ClN2O3S. The predicted molar refractivity (Wildman–Crippen MR) is 71.4 cm³/mol. The van der Waals surface area contributed by atoms with E-state index in [0.717, 1.165) is 5.56 Å². The van der Waals surface area contributed by atoms with Gasteiger partial charge in [0.25, 0.3) is 0 Å². The number of primary sulfonamides is 1. The van der Waals surface area contributed by atoms with Crippen LogP contribution in [0, 0.1) is 0 Å². The maximum Gasteiger partial charge on any atom is 0.243 e. The molecule has 0 amide bonds. The van der Waals surface area contributed by atoms with Crippen LogP contribution in [0.25, 0.3) is 0 Å². The number of benzene rings is 1. The Kier molecular flexibility index (Phi) is 4.04. The molecule has 100 valence electrons. The normalized spacial score (nSPS) is 11.3. The maximum absolute atomic E-state index is 11.4. The zero-order valence-electron chi connectivity index (χ0n) is 9.78. The standard InChI is InChI=1S/C12H11ClN2O3S/c13-10-5-3-9(4-6-10)8-18-12-11(19(14,16)17)2-1-7-15-12/h1-7H,8H2,(H2,14,16,17). The smallest absolute Gasteiger partial charge is 0.243 e. The molecule has 2 rings (SSSR count). The Morgan fingerprint density at radius 3 is 2.53 bits per heavy atom. The molecule has 7 heteroatoms. The van der Waals surface area contributed by atoms with E-state index in [4.69, 9.17) is 21.5 Å². The van der Waals surface area contributed by atoms with E-state index in [1.165, 1.54) is 18.3 Å². The topological polar surface area (TPSA) is 82.3 Å². The van der Waals surface area contributed by atoms with Crippen molar-refractivity contribution in [2.75, 3.05) is 0 Å². The third kappa shape index (κ3) is 3.66. The molecule has 0 saturated carbocycles. The minimum Gasteiger partial charge on any atom is -0.472 e. The van der Waals surface area contributed by atoms with E-state index in [-0.39, 0.29) is 17.4 Å². The largest absolute Gasteiger partial charge is 0.472 e. The van der Waals surface area contributed by atoms with Crippen molar-refractivity contribution in [1.82, 2.24) is 4.98 Å². The van der Waals surface area contributed by atoms with Gasteiger partial charge in [0.1, 0.15) is 11.5 Å². The van der Waals surface area contributed by atoms with Crippen LogP contribution in [-0.2, 0) is 16.6 Å². The number of nitrogens with zero attached hydrogens (tertiary/aromatic N) is 1. The monoisotopic (exact) mass is 298 g/mol. The van der Waals surface area contributed by atoms with Crippen LogP contribution in [0.4, 0.5) is 0 Å². The highest BCUT2D eigenvalue weighted by Gasteiger charge is 2.15. The molecule has 19 heavy (non-hydrogen) atoms. The maximum atomic E-state index is 11.4. The van der Waals surface area contributed by atoms with E-state index in [1.807, 2.05) is 0 Å². The average molecular weight is 299 g/mol. The van der Waals surface area contributed by atoms with Gasteiger partial charge in [0.2, 0.25) is 15.9 Å². The number of aromatic nitrogens is 1. The summed E-state index contributed by atoms with van der Waals surface area (Å²) in [5.74, 6) is -0.0139. The molecule has 0 saturated heterocycles. The summed E-state index contributed by atoms with van der Waals surface area (Å²) in [5, 5.41) is 5.70. The van der Waals surface area contributed by atoms with Crippen molar-refractivity contribution in [3.63, 3.8) is 0 Å². The molecular weight excluding hydrogens is 288 g/mol. The van der Waals surface area contributed by atoms with Gasteiger partial charge in [0.05, 0.1) is 0 Å². The van der Waals surface area contributed by atoms with E-state index in [1.54, 1.807) is 24.3 Å². The van der Waals surface area contributed by atoms with Crippen molar-refractivity contribution in [1.29, 1.82) is 0 Å². The SMILES string of the molecule is NS(=O)(=O)c1cccnc1OCc1ccc(Cl)cc1. The van der Waals surface area contributed by atoms with E-state index < -0.39 is 10.0 Å². The summed E-state index contributed by atoms with van der Waals surface area (Å²) in [6, 6.07) is 9.83. The summed E-state index contributed by atoms with van der Waals surface area (Å²) in [6.45, 7) is 0.177. The lowest BCUT2D eigenvalue weighted by atomic mass is 10.2. The van der Waals surface area contributed by atoms with Crippen molar-refractivity contribution in [2.45, 2.75) is 11.5 Å². The summed E-state index contributed by atoms with van der Waals surface area (Å²) in [7, 11) is -3.85. The molecule has 5 nitrogen and oxygen atoms in total. The first-order valence-electron chi connectivity index (χ1n) is 5.32. The van der Waals surface area contributed by atoms with Gasteiger partial charge < -0.3 is 4.74 Å². The van der Waals surface area contributed by atoms with Gasteiger partial charge in [-0.15, -0.1) is 0 Å². The number of nitrogens with two attached hydrogens (primary N) is 1. The Hall–Kier alpha value is -1.63. The van der Waals surface area contributed by atoms with Crippen LogP contribution in [0.2, 0.25) is 5.02 Å². The highest BCUT2D eigenvalue weighted by Crippen LogP contribution is 2.20. The second-order valence-corrected chi connectivity index (χ2v) is 5.73. The number of ether oxygens (including phenoxy) is 1. The molecule has 0 aliphatic heterocycles. The molecule has 0 unspecified atom stereocenters. The first kappa shape index (κ1) is 13.8. The second kappa shape index (κ2) is 5.56. The first-order chi connectivity index (χ1) is 8.97. The number of hydrogen-bond donors (Lipinski definition) is 1. The molecule has 0 atom stereocenters. The summed E-state index contributed by atoms with van der Waals surface area (Å²) in [6.07, 6.45) is 1.44.